The van der Waals surface area contributed by atoms with Gasteiger partial charge in [0.1, 0.15) is 5.82 Å². The maximum absolute atomic E-state index is 11.1. The van der Waals surface area contributed by atoms with Gasteiger partial charge in [-0.2, -0.15) is 0 Å². The van der Waals surface area contributed by atoms with Crippen LogP contribution in [0.25, 0.3) is 11.0 Å². The molecule has 0 amide bonds. The number of imidazole rings is 1. The van der Waals surface area contributed by atoms with Crippen molar-refractivity contribution in [2.75, 3.05) is 20.1 Å². The number of carboxylic acids is 1. The first kappa shape index (κ1) is 14.1. The Morgan fingerprint density at radius 1 is 1.48 bits per heavy atom. The number of carboxylic acid groups (broad SMARTS) is 1. The van der Waals surface area contributed by atoms with E-state index in [9.17, 15) is 4.79 Å². The van der Waals surface area contributed by atoms with E-state index < -0.39 is 5.97 Å². The van der Waals surface area contributed by atoms with Gasteiger partial charge in [0, 0.05) is 19.0 Å². The molecule has 0 aliphatic carbocycles. The SMILES string of the molecule is CCc1nc2cc(C(=O)O)ccc2n1C1CCCN(C)C1. The molecule has 112 valence electrons. The van der Waals surface area contributed by atoms with Crippen LogP contribution >= 0.6 is 0 Å². The lowest BCUT2D eigenvalue weighted by molar-refractivity contribution is 0.0697. The highest BCUT2D eigenvalue weighted by Gasteiger charge is 2.23. The van der Waals surface area contributed by atoms with E-state index in [1.54, 1.807) is 12.1 Å². The van der Waals surface area contributed by atoms with E-state index in [4.69, 9.17) is 5.11 Å². The van der Waals surface area contributed by atoms with Crippen molar-refractivity contribution in [3.05, 3.63) is 29.6 Å². The van der Waals surface area contributed by atoms with Gasteiger partial charge in [-0.3, -0.25) is 0 Å². The maximum Gasteiger partial charge on any atom is 0.335 e. The predicted octanol–water partition coefficient (Wildman–Crippen LogP) is 2.56. The second-order valence-corrected chi connectivity index (χ2v) is 5.82. The molecule has 1 aliphatic heterocycles. The van der Waals surface area contributed by atoms with E-state index in [-0.39, 0.29) is 0 Å². The minimum absolute atomic E-state index is 0.301. The summed E-state index contributed by atoms with van der Waals surface area (Å²) in [6, 6.07) is 5.69. The molecule has 0 bridgehead atoms. The van der Waals surface area contributed by atoms with E-state index >= 15 is 0 Å². The van der Waals surface area contributed by atoms with E-state index in [0.29, 0.717) is 11.6 Å². The van der Waals surface area contributed by atoms with Gasteiger partial charge < -0.3 is 14.6 Å². The van der Waals surface area contributed by atoms with Gasteiger partial charge in [-0.1, -0.05) is 6.92 Å². The summed E-state index contributed by atoms with van der Waals surface area (Å²) in [5, 5.41) is 9.12. The Morgan fingerprint density at radius 3 is 2.95 bits per heavy atom. The topological polar surface area (TPSA) is 58.4 Å². The van der Waals surface area contributed by atoms with Crippen LogP contribution in [0.15, 0.2) is 18.2 Å². The first-order valence-electron chi connectivity index (χ1n) is 7.53. The van der Waals surface area contributed by atoms with Crippen molar-refractivity contribution >= 4 is 17.0 Å². The summed E-state index contributed by atoms with van der Waals surface area (Å²) in [7, 11) is 2.15. The van der Waals surface area contributed by atoms with Crippen LogP contribution < -0.4 is 0 Å². The quantitative estimate of drug-likeness (QED) is 0.942. The molecule has 1 unspecified atom stereocenters. The summed E-state index contributed by atoms with van der Waals surface area (Å²) in [5.41, 5.74) is 2.15. The monoisotopic (exact) mass is 287 g/mol. The minimum atomic E-state index is -0.901. The standard InChI is InChI=1S/C16H21N3O2/c1-3-15-17-13-9-11(16(20)21)6-7-14(13)19(15)12-5-4-8-18(2)10-12/h6-7,9,12H,3-5,8,10H2,1-2H3,(H,20,21). The lowest BCUT2D eigenvalue weighted by Crippen LogP contribution is -2.34. The van der Waals surface area contributed by atoms with Gasteiger partial charge in [-0.05, 0) is 44.6 Å². The highest BCUT2D eigenvalue weighted by molar-refractivity contribution is 5.92. The van der Waals surface area contributed by atoms with Gasteiger partial charge >= 0.3 is 5.97 Å². The molecule has 2 heterocycles. The van der Waals surface area contributed by atoms with Crippen LogP contribution in [0.1, 0.15) is 42.0 Å². The highest BCUT2D eigenvalue weighted by Crippen LogP contribution is 2.28. The van der Waals surface area contributed by atoms with Crippen LogP contribution in [0.4, 0.5) is 0 Å². The van der Waals surface area contributed by atoms with Crippen LogP contribution in [0.5, 0.6) is 0 Å². The number of aromatic nitrogens is 2. The van der Waals surface area contributed by atoms with Crippen molar-refractivity contribution in [1.82, 2.24) is 14.5 Å². The fraction of sp³-hybridized carbons (Fsp3) is 0.500. The molecule has 1 atom stereocenters. The number of hydrogen-bond donors (Lipinski definition) is 1. The average Bonchev–Trinajstić information content (AvgIpc) is 2.84. The highest BCUT2D eigenvalue weighted by atomic mass is 16.4. The molecule has 0 saturated carbocycles. The summed E-state index contributed by atoms with van der Waals surface area (Å²) < 4.78 is 2.32. The number of aryl methyl sites for hydroxylation is 1. The van der Waals surface area contributed by atoms with E-state index in [1.165, 1.54) is 6.42 Å². The van der Waals surface area contributed by atoms with Crippen LogP contribution in [0.3, 0.4) is 0 Å². The molecule has 1 aromatic carbocycles. The molecule has 0 radical (unpaired) electrons. The average molecular weight is 287 g/mol. The van der Waals surface area contributed by atoms with Crippen molar-refractivity contribution in [2.24, 2.45) is 0 Å². The normalized spacial score (nSPS) is 20.0. The van der Waals surface area contributed by atoms with Crippen LogP contribution in [0, 0.1) is 0 Å². The van der Waals surface area contributed by atoms with Gasteiger partial charge in [0.25, 0.3) is 0 Å². The number of hydrogen-bond acceptors (Lipinski definition) is 3. The summed E-state index contributed by atoms with van der Waals surface area (Å²) in [4.78, 5) is 18.1. The van der Waals surface area contributed by atoms with Crippen molar-refractivity contribution in [3.8, 4) is 0 Å². The fourth-order valence-electron chi connectivity index (χ4n) is 3.29. The molecule has 5 heteroatoms. The number of likely N-dealkylation sites (tertiary alicyclic amines) is 1. The summed E-state index contributed by atoms with van der Waals surface area (Å²) in [6.07, 6.45) is 3.21. The largest absolute Gasteiger partial charge is 0.478 e. The zero-order valence-corrected chi connectivity index (χ0v) is 12.5. The molecule has 1 N–H and O–H groups in total. The van der Waals surface area contributed by atoms with Gasteiger partial charge in [0.2, 0.25) is 0 Å². The maximum atomic E-state index is 11.1. The Labute approximate surface area is 124 Å². The summed E-state index contributed by atoms with van der Waals surface area (Å²) in [5.74, 6) is 0.148. The van der Waals surface area contributed by atoms with Crippen LogP contribution in [-0.4, -0.2) is 45.7 Å². The van der Waals surface area contributed by atoms with E-state index in [1.807, 2.05) is 6.07 Å². The second-order valence-electron chi connectivity index (χ2n) is 5.82. The number of nitrogens with zero attached hydrogens (tertiary/aromatic N) is 3. The molecule has 1 saturated heterocycles. The van der Waals surface area contributed by atoms with Crippen molar-refractivity contribution in [2.45, 2.75) is 32.2 Å². The van der Waals surface area contributed by atoms with Crippen LogP contribution in [-0.2, 0) is 6.42 Å². The molecule has 0 spiro atoms. The lowest BCUT2D eigenvalue weighted by Gasteiger charge is -2.31. The third-order valence-corrected chi connectivity index (χ3v) is 4.29. The zero-order valence-electron chi connectivity index (χ0n) is 12.5. The Hall–Kier alpha value is -1.88. The van der Waals surface area contributed by atoms with Gasteiger partial charge in [0.05, 0.1) is 16.6 Å². The first-order chi connectivity index (χ1) is 10.1. The van der Waals surface area contributed by atoms with Crippen molar-refractivity contribution in [1.29, 1.82) is 0 Å². The lowest BCUT2D eigenvalue weighted by atomic mass is 10.1. The molecule has 1 aliphatic rings. The molecule has 5 nitrogen and oxygen atoms in total. The Morgan fingerprint density at radius 2 is 2.29 bits per heavy atom. The minimum Gasteiger partial charge on any atom is -0.478 e. The molecule has 1 aromatic heterocycles. The number of rotatable bonds is 3. The fourth-order valence-corrected chi connectivity index (χ4v) is 3.29. The third-order valence-electron chi connectivity index (χ3n) is 4.29. The predicted molar refractivity (Wildman–Crippen MR) is 81.8 cm³/mol. The Kier molecular flexibility index (Phi) is 3.68. The number of likely N-dealkylation sites (N-methyl/N-ethyl adjacent to an activating group) is 1. The number of carbonyl (C=O) groups is 1. The van der Waals surface area contributed by atoms with E-state index in [2.05, 4.69) is 28.4 Å². The number of piperidine rings is 1. The summed E-state index contributed by atoms with van der Waals surface area (Å²) >= 11 is 0. The van der Waals surface area contributed by atoms with Crippen LogP contribution in [0.2, 0.25) is 0 Å². The van der Waals surface area contributed by atoms with Crippen molar-refractivity contribution in [3.63, 3.8) is 0 Å². The molecular formula is C16H21N3O2. The molecule has 2 aromatic rings. The number of aromatic carboxylic acids is 1. The smallest absolute Gasteiger partial charge is 0.335 e. The molecular weight excluding hydrogens is 266 g/mol. The molecule has 1 fully saturated rings. The number of fused-ring (bicyclic) bond motifs is 1. The third kappa shape index (κ3) is 2.53. The van der Waals surface area contributed by atoms with Gasteiger partial charge in [-0.15, -0.1) is 0 Å². The number of benzene rings is 1. The summed E-state index contributed by atoms with van der Waals surface area (Å²) in [6.45, 7) is 4.27. The zero-order chi connectivity index (χ0) is 15.0. The Bertz CT molecular complexity index is 677. The Balaban J connectivity index is 2.09. The van der Waals surface area contributed by atoms with Crippen molar-refractivity contribution < 1.29 is 9.90 Å². The molecule has 21 heavy (non-hydrogen) atoms. The second kappa shape index (κ2) is 5.48. The first-order valence-corrected chi connectivity index (χ1v) is 7.53. The van der Waals surface area contributed by atoms with Gasteiger partial charge in [0.15, 0.2) is 0 Å². The van der Waals surface area contributed by atoms with E-state index in [0.717, 1.165) is 42.8 Å². The van der Waals surface area contributed by atoms with Gasteiger partial charge in [-0.25, -0.2) is 9.78 Å². The molecule has 3 rings (SSSR count).